The molecule has 2 atom stereocenters. The molecule has 3 rings (SSSR count). The van der Waals surface area contributed by atoms with E-state index in [1.807, 2.05) is 0 Å². The number of likely N-dealkylation sites (N-methyl/N-ethyl adjacent to an activating group) is 1. The van der Waals surface area contributed by atoms with Gasteiger partial charge < -0.3 is 10.6 Å². The van der Waals surface area contributed by atoms with Gasteiger partial charge in [0.25, 0.3) is 0 Å². The molecule has 28 heavy (non-hydrogen) atoms. The molecule has 0 radical (unpaired) electrons. The summed E-state index contributed by atoms with van der Waals surface area (Å²) in [7, 11) is 1.66. The third kappa shape index (κ3) is 4.43. The van der Waals surface area contributed by atoms with Crippen LogP contribution in [-0.4, -0.2) is 29.6 Å². The summed E-state index contributed by atoms with van der Waals surface area (Å²) in [5.41, 5.74) is 1.42. The summed E-state index contributed by atoms with van der Waals surface area (Å²) < 4.78 is -1.28. The van der Waals surface area contributed by atoms with Gasteiger partial charge in [0.1, 0.15) is 4.33 Å². The number of halogens is 5. The molecule has 0 saturated heterocycles. The fraction of sp³-hybridized carbons (Fsp3) is 0.263. The summed E-state index contributed by atoms with van der Waals surface area (Å²) in [5, 5.41) is 6.69. The van der Waals surface area contributed by atoms with Crippen molar-refractivity contribution in [2.45, 2.75) is 10.3 Å². The molecule has 0 aliphatic heterocycles. The second-order valence-electron chi connectivity index (χ2n) is 6.47. The van der Waals surface area contributed by atoms with Crippen LogP contribution in [0.25, 0.3) is 0 Å². The zero-order valence-corrected chi connectivity index (χ0v) is 18.3. The van der Waals surface area contributed by atoms with Gasteiger partial charge in [-0.25, -0.2) is 0 Å². The van der Waals surface area contributed by atoms with Crippen LogP contribution in [-0.2, 0) is 4.79 Å². The first-order chi connectivity index (χ1) is 13.1. The van der Waals surface area contributed by atoms with Crippen molar-refractivity contribution in [3.63, 3.8) is 0 Å². The molecule has 0 bridgehead atoms. The highest BCUT2D eigenvalue weighted by atomic mass is 35.5. The van der Waals surface area contributed by atoms with E-state index < -0.39 is 16.2 Å². The highest BCUT2D eigenvalue weighted by molar-refractivity contribution is 6.53. The van der Waals surface area contributed by atoms with Crippen LogP contribution >= 0.6 is 58.0 Å². The summed E-state index contributed by atoms with van der Waals surface area (Å²) in [4.78, 5) is 24.9. The second-order valence-corrected chi connectivity index (χ2v) is 9.19. The largest absolute Gasteiger partial charge is 0.326 e. The van der Waals surface area contributed by atoms with Crippen molar-refractivity contribution in [3.05, 3.63) is 62.6 Å². The van der Waals surface area contributed by atoms with Crippen LogP contribution in [0.3, 0.4) is 0 Å². The minimum Gasteiger partial charge on any atom is -0.326 e. The Morgan fingerprint density at radius 3 is 2.29 bits per heavy atom. The molecule has 4 nitrogen and oxygen atoms in total. The Kier molecular flexibility index (Phi) is 6.50. The maximum absolute atomic E-state index is 12.8. The van der Waals surface area contributed by atoms with Gasteiger partial charge in [0.15, 0.2) is 5.78 Å². The number of carbonyl (C=O) groups is 2. The number of hydrogen-bond acceptors (Lipinski definition) is 3. The van der Waals surface area contributed by atoms with Crippen LogP contribution in [0.5, 0.6) is 0 Å². The van der Waals surface area contributed by atoms with Crippen molar-refractivity contribution in [1.82, 2.24) is 5.32 Å². The number of benzene rings is 2. The minimum absolute atomic E-state index is 0.129. The monoisotopic (exact) mass is 478 g/mol. The topological polar surface area (TPSA) is 58.2 Å². The first-order valence-electron chi connectivity index (χ1n) is 8.27. The van der Waals surface area contributed by atoms with E-state index in [2.05, 4.69) is 10.6 Å². The molecule has 2 N–H and O–H groups in total. The molecule has 1 aliphatic carbocycles. The van der Waals surface area contributed by atoms with Crippen LogP contribution in [0.4, 0.5) is 5.69 Å². The normalized spacial score (nSPS) is 19.9. The Balaban J connectivity index is 1.80. The quantitative estimate of drug-likeness (QED) is 0.420. The summed E-state index contributed by atoms with van der Waals surface area (Å²) in [6.45, 7) is 0.129. The molecule has 2 unspecified atom stereocenters. The van der Waals surface area contributed by atoms with E-state index in [1.54, 1.807) is 37.4 Å². The van der Waals surface area contributed by atoms with Gasteiger partial charge in [-0.1, -0.05) is 34.8 Å². The van der Waals surface area contributed by atoms with Crippen LogP contribution in [0.1, 0.15) is 21.8 Å². The van der Waals surface area contributed by atoms with Crippen molar-refractivity contribution < 1.29 is 9.59 Å². The number of amides is 1. The van der Waals surface area contributed by atoms with Gasteiger partial charge in [0, 0.05) is 27.2 Å². The number of rotatable bonds is 6. The van der Waals surface area contributed by atoms with Gasteiger partial charge in [0.2, 0.25) is 5.91 Å². The lowest BCUT2D eigenvalue weighted by Gasteiger charge is -2.09. The summed E-state index contributed by atoms with van der Waals surface area (Å²) in [6.07, 6.45) is 0. The predicted molar refractivity (Wildman–Crippen MR) is 115 cm³/mol. The van der Waals surface area contributed by atoms with Crippen molar-refractivity contribution in [2.75, 3.05) is 18.9 Å². The molecule has 1 saturated carbocycles. The maximum atomic E-state index is 12.8. The molecule has 1 fully saturated rings. The molecule has 9 heteroatoms. The Morgan fingerprint density at radius 1 is 1.04 bits per heavy atom. The summed E-state index contributed by atoms with van der Waals surface area (Å²) in [6, 6.07) is 9.64. The molecular weight excluding hydrogens is 465 g/mol. The number of anilines is 1. The first kappa shape index (κ1) is 21.7. The van der Waals surface area contributed by atoms with E-state index in [0.717, 1.165) is 0 Å². The molecule has 0 heterocycles. The van der Waals surface area contributed by atoms with Crippen LogP contribution in [0, 0.1) is 5.92 Å². The third-order valence-electron chi connectivity index (χ3n) is 4.45. The zero-order valence-electron chi connectivity index (χ0n) is 14.5. The summed E-state index contributed by atoms with van der Waals surface area (Å²) in [5.74, 6) is -1.71. The van der Waals surface area contributed by atoms with Gasteiger partial charge in [-0.05, 0) is 49.0 Å². The molecule has 1 amide bonds. The van der Waals surface area contributed by atoms with Crippen LogP contribution in [0.15, 0.2) is 36.4 Å². The van der Waals surface area contributed by atoms with Crippen LogP contribution in [0.2, 0.25) is 15.1 Å². The molecule has 1 aliphatic rings. The number of hydrogen-bond donors (Lipinski definition) is 2. The average Bonchev–Trinajstić information content (AvgIpc) is 3.18. The van der Waals surface area contributed by atoms with E-state index in [1.165, 1.54) is 6.07 Å². The maximum Gasteiger partial charge on any atom is 0.231 e. The molecule has 0 aromatic heterocycles. The van der Waals surface area contributed by atoms with Crippen molar-refractivity contribution in [2.24, 2.45) is 5.92 Å². The number of Topliss-reactive ketones (excluding diaryl/α,β-unsaturated/α-hetero) is 1. The van der Waals surface area contributed by atoms with Gasteiger partial charge in [-0.2, -0.15) is 0 Å². The minimum atomic E-state index is -1.28. The smallest absolute Gasteiger partial charge is 0.231 e. The first-order valence-corrected chi connectivity index (χ1v) is 10.2. The molecule has 0 spiro atoms. The highest BCUT2D eigenvalue weighted by Crippen LogP contribution is 2.65. The van der Waals surface area contributed by atoms with Crippen molar-refractivity contribution >= 4 is 75.4 Å². The Morgan fingerprint density at radius 2 is 1.68 bits per heavy atom. The van der Waals surface area contributed by atoms with Crippen LogP contribution < -0.4 is 10.6 Å². The van der Waals surface area contributed by atoms with Gasteiger partial charge in [0.05, 0.1) is 17.5 Å². The Bertz CT molecular complexity index is 928. The molecule has 2 aromatic carbocycles. The summed E-state index contributed by atoms with van der Waals surface area (Å²) >= 11 is 30.9. The van der Waals surface area contributed by atoms with E-state index in [0.29, 0.717) is 31.9 Å². The average molecular weight is 481 g/mol. The van der Waals surface area contributed by atoms with E-state index in [9.17, 15) is 9.59 Å². The Hall–Kier alpha value is -1.01. The predicted octanol–water partition coefficient (Wildman–Crippen LogP) is 5.57. The van der Waals surface area contributed by atoms with Crippen molar-refractivity contribution in [3.8, 4) is 0 Å². The number of nitrogens with one attached hydrogen (secondary N) is 2. The van der Waals surface area contributed by atoms with Gasteiger partial charge in [-0.3, -0.25) is 9.59 Å². The lowest BCUT2D eigenvalue weighted by atomic mass is 10.1. The number of alkyl halides is 2. The van der Waals surface area contributed by atoms with Gasteiger partial charge in [-0.15, -0.1) is 23.2 Å². The SMILES string of the molecule is CNCC(=O)c1cc(NC(=O)C2C(c3cc(Cl)cc(Cl)c3)C2(Cl)Cl)ccc1Cl. The lowest BCUT2D eigenvalue weighted by molar-refractivity contribution is -0.117. The highest BCUT2D eigenvalue weighted by Gasteiger charge is 2.67. The van der Waals surface area contributed by atoms with E-state index in [4.69, 9.17) is 58.0 Å². The fourth-order valence-electron chi connectivity index (χ4n) is 3.11. The number of ketones is 1. The Labute approximate surface area is 187 Å². The number of carbonyl (C=O) groups excluding carboxylic acids is 2. The lowest BCUT2D eigenvalue weighted by Crippen LogP contribution is -2.20. The van der Waals surface area contributed by atoms with E-state index in [-0.39, 0.29) is 18.2 Å². The molecule has 148 valence electrons. The zero-order chi connectivity index (χ0) is 20.6. The van der Waals surface area contributed by atoms with E-state index >= 15 is 0 Å². The molecular formula is C19H15Cl5N2O2. The standard InChI is InChI=1S/C19H15Cl5N2O2/c1-25-8-15(27)13-7-12(2-3-14(13)22)26-18(28)17-16(19(17,23)24)9-4-10(20)6-11(21)5-9/h2-7,16-17,25H,8H2,1H3,(H,26,28). The second kappa shape index (κ2) is 8.39. The third-order valence-corrected chi connectivity index (χ3v) is 6.16. The van der Waals surface area contributed by atoms with Crippen molar-refractivity contribution in [1.29, 1.82) is 0 Å². The molecule has 2 aromatic rings. The van der Waals surface area contributed by atoms with Gasteiger partial charge >= 0.3 is 0 Å². The fourth-order valence-corrected chi connectivity index (χ4v) is 4.71.